The van der Waals surface area contributed by atoms with Gasteiger partial charge >= 0.3 is 0 Å². The smallest absolute Gasteiger partial charge is 0.223 e. The number of hydrogen-bond acceptors (Lipinski definition) is 4. The molecule has 2 aromatic rings. The zero-order valence-corrected chi connectivity index (χ0v) is 23.9. The first-order valence-corrected chi connectivity index (χ1v) is 15.3. The number of piperazine rings is 1. The van der Waals surface area contributed by atoms with Gasteiger partial charge in [-0.3, -0.25) is 14.5 Å². The van der Waals surface area contributed by atoms with Crippen LogP contribution in [0.3, 0.4) is 0 Å². The van der Waals surface area contributed by atoms with Gasteiger partial charge in [-0.15, -0.1) is 11.3 Å². The SMILES string of the molecule is CCCCCCCCC(=O)N1CCN(C(=O)CCN2CCc3sccc3C2c2ccccc2C)CC1C. The molecule has 2 aliphatic rings. The molecule has 4 rings (SSSR count). The second-order valence-electron chi connectivity index (χ2n) is 10.9. The number of unbranched alkanes of at least 4 members (excludes halogenated alkanes) is 5. The summed E-state index contributed by atoms with van der Waals surface area (Å²) in [5.74, 6) is 0.477. The summed E-state index contributed by atoms with van der Waals surface area (Å²) in [6, 6.07) is 11.2. The van der Waals surface area contributed by atoms with Crippen molar-refractivity contribution in [2.45, 2.75) is 90.6 Å². The number of aryl methyl sites for hydroxylation is 1. The highest BCUT2D eigenvalue weighted by atomic mass is 32.1. The number of carbonyl (C=O) groups excluding carboxylic acids is 2. The van der Waals surface area contributed by atoms with Crippen LogP contribution in [0, 0.1) is 6.92 Å². The molecule has 0 aliphatic carbocycles. The first-order valence-electron chi connectivity index (χ1n) is 14.4. The second kappa shape index (κ2) is 13.6. The summed E-state index contributed by atoms with van der Waals surface area (Å²) in [5.41, 5.74) is 4.06. The summed E-state index contributed by atoms with van der Waals surface area (Å²) in [5, 5.41) is 2.21. The van der Waals surface area contributed by atoms with Gasteiger partial charge in [-0.1, -0.05) is 63.3 Å². The van der Waals surface area contributed by atoms with E-state index in [1.54, 1.807) is 0 Å². The van der Waals surface area contributed by atoms with Gasteiger partial charge in [0.05, 0.1) is 6.04 Å². The average Bonchev–Trinajstić information content (AvgIpc) is 3.38. The normalized spacial score (nSPS) is 20.2. The minimum absolute atomic E-state index is 0.0911. The molecule has 5 nitrogen and oxygen atoms in total. The molecule has 37 heavy (non-hydrogen) atoms. The molecule has 1 aromatic carbocycles. The molecular weight excluding hydrogens is 478 g/mol. The van der Waals surface area contributed by atoms with Gasteiger partial charge in [0, 0.05) is 56.5 Å². The fraction of sp³-hybridized carbons (Fsp3) is 0.613. The van der Waals surface area contributed by atoms with Crippen LogP contribution in [0.2, 0.25) is 0 Å². The molecule has 2 aliphatic heterocycles. The fourth-order valence-electron chi connectivity index (χ4n) is 6.02. The lowest BCUT2D eigenvalue weighted by Gasteiger charge is -2.41. The standard InChI is InChI=1S/C31H45N3O2S/c1-4-5-6-7-8-9-14-30(36)34-21-20-33(23-25(34)3)29(35)16-19-32-18-15-28-27(17-22-37-28)31(32)26-13-11-10-12-24(26)2/h10-13,17,22,25,31H,4-9,14-16,18-21,23H2,1-3H3. The molecule has 1 saturated heterocycles. The fourth-order valence-corrected chi connectivity index (χ4v) is 6.92. The third kappa shape index (κ3) is 7.02. The van der Waals surface area contributed by atoms with Gasteiger partial charge in [-0.2, -0.15) is 0 Å². The van der Waals surface area contributed by atoms with E-state index in [1.165, 1.54) is 47.3 Å². The molecular formula is C31H45N3O2S. The number of amides is 2. The molecule has 2 atom stereocenters. The minimum Gasteiger partial charge on any atom is -0.339 e. The number of thiophene rings is 1. The van der Waals surface area contributed by atoms with Gasteiger partial charge < -0.3 is 9.80 Å². The van der Waals surface area contributed by atoms with Crippen LogP contribution in [-0.2, 0) is 16.0 Å². The van der Waals surface area contributed by atoms with Crippen molar-refractivity contribution in [1.82, 2.24) is 14.7 Å². The van der Waals surface area contributed by atoms with Crippen LogP contribution in [0.4, 0.5) is 0 Å². The van der Waals surface area contributed by atoms with Crippen molar-refractivity contribution in [2.75, 3.05) is 32.7 Å². The van der Waals surface area contributed by atoms with Crippen molar-refractivity contribution in [2.24, 2.45) is 0 Å². The van der Waals surface area contributed by atoms with Crippen molar-refractivity contribution in [3.63, 3.8) is 0 Å². The van der Waals surface area contributed by atoms with Crippen LogP contribution in [0.1, 0.15) is 92.8 Å². The van der Waals surface area contributed by atoms with Gasteiger partial charge in [0.1, 0.15) is 0 Å². The molecule has 0 N–H and O–H groups in total. The van der Waals surface area contributed by atoms with Gasteiger partial charge in [0.2, 0.25) is 11.8 Å². The topological polar surface area (TPSA) is 43.9 Å². The summed E-state index contributed by atoms with van der Waals surface area (Å²) >= 11 is 1.86. The third-order valence-corrected chi connectivity index (χ3v) is 9.20. The van der Waals surface area contributed by atoms with Gasteiger partial charge in [0.15, 0.2) is 0 Å². The molecule has 3 heterocycles. The van der Waals surface area contributed by atoms with E-state index >= 15 is 0 Å². The van der Waals surface area contributed by atoms with Crippen molar-refractivity contribution >= 4 is 23.2 Å². The van der Waals surface area contributed by atoms with Gasteiger partial charge in [-0.05, 0) is 54.8 Å². The molecule has 0 bridgehead atoms. The van der Waals surface area contributed by atoms with Crippen LogP contribution in [-0.4, -0.2) is 65.3 Å². The second-order valence-corrected chi connectivity index (χ2v) is 11.9. The molecule has 2 amide bonds. The summed E-state index contributed by atoms with van der Waals surface area (Å²) in [6.45, 7) is 10.2. The highest BCUT2D eigenvalue weighted by molar-refractivity contribution is 7.10. The molecule has 0 spiro atoms. The quantitative estimate of drug-likeness (QED) is 0.329. The van der Waals surface area contributed by atoms with E-state index in [1.807, 2.05) is 21.1 Å². The van der Waals surface area contributed by atoms with E-state index < -0.39 is 0 Å². The number of fused-ring (bicyclic) bond motifs is 1. The van der Waals surface area contributed by atoms with E-state index in [0.29, 0.717) is 32.5 Å². The summed E-state index contributed by atoms with van der Waals surface area (Å²) < 4.78 is 0. The largest absolute Gasteiger partial charge is 0.339 e. The van der Waals surface area contributed by atoms with Crippen molar-refractivity contribution in [3.8, 4) is 0 Å². The maximum atomic E-state index is 13.3. The maximum Gasteiger partial charge on any atom is 0.223 e. The lowest BCUT2D eigenvalue weighted by molar-refractivity contribution is -0.142. The van der Waals surface area contributed by atoms with Crippen molar-refractivity contribution < 1.29 is 9.59 Å². The Hall–Kier alpha value is -2.18. The summed E-state index contributed by atoms with van der Waals surface area (Å²) in [6.07, 6.45) is 9.41. The number of benzene rings is 1. The zero-order valence-electron chi connectivity index (χ0n) is 23.1. The minimum atomic E-state index is 0.0911. The highest BCUT2D eigenvalue weighted by Crippen LogP contribution is 2.38. The lowest BCUT2D eigenvalue weighted by atomic mass is 9.90. The lowest BCUT2D eigenvalue weighted by Crippen LogP contribution is -2.55. The number of hydrogen-bond donors (Lipinski definition) is 0. The summed E-state index contributed by atoms with van der Waals surface area (Å²) in [7, 11) is 0. The number of carbonyl (C=O) groups is 2. The van der Waals surface area contributed by atoms with E-state index in [2.05, 4.69) is 61.4 Å². The molecule has 1 aromatic heterocycles. The monoisotopic (exact) mass is 523 g/mol. The predicted octanol–water partition coefficient (Wildman–Crippen LogP) is 6.20. The Kier molecular flexibility index (Phi) is 10.2. The first kappa shape index (κ1) is 27.8. The van der Waals surface area contributed by atoms with E-state index in [0.717, 1.165) is 32.4 Å². The Bertz CT molecular complexity index is 1030. The molecule has 0 saturated carbocycles. The van der Waals surface area contributed by atoms with Crippen LogP contribution in [0.25, 0.3) is 0 Å². The van der Waals surface area contributed by atoms with Gasteiger partial charge in [-0.25, -0.2) is 0 Å². The van der Waals surface area contributed by atoms with Crippen LogP contribution >= 0.6 is 11.3 Å². The highest BCUT2D eigenvalue weighted by Gasteiger charge is 2.32. The van der Waals surface area contributed by atoms with E-state index in [9.17, 15) is 9.59 Å². The maximum absolute atomic E-state index is 13.3. The third-order valence-electron chi connectivity index (χ3n) is 8.21. The van der Waals surface area contributed by atoms with Crippen LogP contribution < -0.4 is 0 Å². The van der Waals surface area contributed by atoms with Crippen molar-refractivity contribution in [1.29, 1.82) is 0 Å². The van der Waals surface area contributed by atoms with Crippen LogP contribution in [0.5, 0.6) is 0 Å². The number of rotatable bonds is 11. The molecule has 2 unspecified atom stereocenters. The Balaban J connectivity index is 1.28. The van der Waals surface area contributed by atoms with E-state index in [4.69, 9.17) is 0 Å². The van der Waals surface area contributed by atoms with Gasteiger partial charge in [0.25, 0.3) is 0 Å². The molecule has 0 radical (unpaired) electrons. The Morgan fingerprint density at radius 1 is 0.919 bits per heavy atom. The zero-order chi connectivity index (χ0) is 26.2. The summed E-state index contributed by atoms with van der Waals surface area (Å²) in [4.78, 5) is 34.0. The predicted molar refractivity (Wildman–Crippen MR) is 153 cm³/mol. The Labute approximate surface area is 227 Å². The average molecular weight is 524 g/mol. The molecule has 202 valence electrons. The molecule has 1 fully saturated rings. The van der Waals surface area contributed by atoms with Crippen molar-refractivity contribution in [3.05, 3.63) is 57.3 Å². The number of nitrogens with zero attached hydrogens (tertiary/aromatic N) is 3. The first-order chi connectivity index (χ1) is 18.0. The van der Waals surface area contributed by atoms with Crippen LogP contribution in [0.15, 0.2) is 35.7 Å². The van der Waals surface area contributed by atoms with E-state index in [-0.39, 0.29) is 23.9 Å². The molecule has 6 heteroatoms. The Morgan fingerprint density at radius 2 is 1.70 bits per heavy atom. The Morgan fingerprint density at radius 3 is 2.49 bits per heavy atom.